The third-order valence-corrected chi connectivity index (χ3v) is 3.98. The fourth-order valence-electron chi connectivity index (χ4n) is 3.00. The number of fused-ring (bicyclic) bond motifs is 1. The van der Waals surface area contributed by atoms with E-state index in [1.807, 2.05) is 6.07 Å². The SMILES string of the molecule is COc1ccc(CN)c(N2c3ccccc3CC2C)c1. The Kier molecular flexibility index (Phi) is 3.36. The van der Waals surface area contributed by atoms with E-state index in [2.05, 4.69) is 48.2 Å². The summed E-state index contributed by atoms with van der Waals surface area (Å²) in [5.41, 5.74) is 10.9. The molecule has 0 fully saturated rings. The summed E-state index contributed by atoms with van der Waals surface area (Å²) in [5.74, 6) is 0.869. The Morgan fingerprint density at radius 1 is 1.20 bits per heavy atom. The number of hydrogen-bond donors (Lipinski definition) is 1. The van der Waals surface area contributed by atoms with Crippen molar-refractivity contribution in [3.8, 4) is 5.75 Å². The van der Waals surface area contributed by atoms with Crippen LogP contribution < -0.4 is 15.4 Å². The minimum atomic E-state index is 0.435. The third-order valence-electron chi connectivity index (χ3n) is 3.98. The molecule has 2 N–H and O–H groups in total. The Morgan fingerprint density at radius 3 is 2.75 bits per heavy atom. The highest BCUT2D eigenvalue weighted by molar-refractivity contribution is 5.74. The Morgan fingerprint density at radius 2 is 2.00 bits per heavy atom. The molecule has 20 heavy (non-hydrogen) atoms. The van der Waals surface area contributed by atoms with Gasteiger partial charge >= 0.3 is 0 Å². The second kappa shape index (κ2) is 5.17. The van der Waals surface area contributed by atoms with E-state index in [1.54, 1.807) is 7.11 Å². The summed E-state index contributed by atoms with van der Waals surface area (Å²) in [7, 11) is 1.70. The number of nitrogens with zero attached hydrogens (tertiary/aromatic N) is 1. The molecule has 0 radical (unpaired) electrons. The molecular formula is C17H20N2O. The van der Waals surface area contributed by atoms with E-state index < -0.39 is 0 Å². The van der Waals surface area contributed by atoms with Crippen molar-refractivity contribution in [2.24, 2.45) is 5.73 Å². The van der Waals surface area contributed by atoms with E-state index >= 15 is 0 Å². The van der Waals surface area contributed by atoms with Gasteiger partial charge in [-0.2, -0.15) is 0 Å². The second-order valence-electron chi connectivity index (χ2n) is 5.25. The molecule has 0 aliphatic carbocycles. The lowest BCUT2D eigenvalue weighted by molar-refractivity contribution is 0.414. The van der Waals surface area contributed by atoms with Crippen molar-refractivity contribution in [2.75, 3.05) is 12.0 Å². The molecule has 0 amide bonds. The molecule has 1 heterocycles. The van der Waals surface area contributed by atoms with Gasteiger partial charge in [0.15, 0.2) is 0 Å². The first kappa shape index (κ1) is 13.0. The largest absolute Gasteiger partial charge is 0.497 e. The number of rotatable bonds is 3. The molecule has 0 saturated heterocycles. The van der Waals surface area contributed by atoms with Gasteiger partial charge in [-0.05, 0) is 36.6 Å². The lowest BCUT2D eigenvalue weighted by Crippen LogP contribution is -2.25. The van der Waals surface area contributed by atoms with Gasteiger partial charge in [0.05, 0.1) is 7.11 Å². The van der Waals surface area contributed by atoms with E-state index in [-0.39, 0.29) is 0 Å². The highest BCUT2D eigenvalue weighted by atomic mass is 16.5. The molecule has 2 aromatic carbocycles. The average molecular weight is 268 g/mol. The molecule has 1 aliphatic heterocycles. The molecule has 3 heteroatoms. The van der Waals surface area contributed by atoms with Crippen molar-refractivity contribution < 1.29 is 4.74 Å². The van der Waals surface area contributed by atoms with Crippen LogP contribution in [-0.2, 0) is 13.0 Å². The molecular weight excluding hydrogens is 248 g/mol. The zero-order chi connectivity index (χ0) is 14.1. The van der Waals surface area contributed by atoms with Crippen LogP contribution >= 0.6 is 0 Å². The third kappa shape index (κ3) is 2.04. The van der Waals surface area contributed by atoms with Gasteiger partial charge in [0, 0.05) is 30.0 Å². The van der Waals surface area contributed by atoms with E-state index in [1.165, 1.54) is 11.3 Å². The molecule has 0 bridgehead atoms. The van der Waals surface area contributed by atoms with Crippen LogP contribution in [0.3, 0.4) is 0 Å². The monoisotopic (exact) mass is 268 g/mol. The molecule has 104 valence electrons. The summed E-state index contributed by atoms with van der Waals surface area (Å²) in [6.45, 7) is 2.78. The number of hydrogen-bond acceptors (Lipinski definition) is 3. The molecule has 0 spiro atoms. The highest BCUT2D eigenvalue weighted by Crippen LogP contribution is 2.40. The normalized spacial score (nSPS) is 17.1. The maximum atomic E-state index is 5.91. The molecule has 3 rings (SSSR count). The van der Waals surface area contributed by atoms with Crippen molar-refractivity contribution in [3.63, 3.8) is 0 Å². The quantitative estimate of drug-likeness (QED) is 0.928. The first-order valence-corrected chi connectivity index (χ1v) is 6.98. The number of benzene rings is 2. The number of nitrogens with two attached hydrogens (primary N) is 1. The number of para-hydroxylation sites is 1. The van der Waals surface area contributed by atoms with E-state index in [0.29, 0.717) is 12.6 Å². The van der Waals surface area contributed by atoms with E-state index in [4.69, 9.17) is 10.5 Å². The summed E-state index contributed by atoms with van der Waals surface area (Å²) in [4.78, 5) is 2.38. The standard InChI is InChI=1S/C17H20N2O/c1-12-9-13-5-3-4-6-16(13)19(12)17-10-15(20-2)8-7-14(17)11-18/h3-8,10,12H,9,11,18H2,1-2H3. The van der Waals surface area contributed by atoms with Crippen molar-refractivity contribution in [3.05, 3.63) is 53.6 Å². The van der Waals surface area contributed by atoms with Gasteiger partial charge < -0.3 is 15.4 Å². The van der Waals surface area contributed by atoms with Crippen molar-refractivity contribution in [1.82, 2.24) is 0 Å². The smallest absolute Gasteiger partial charge is 0.120 e. The first-order chi connectivity index (χ1) is 9.74. The van der Waals surface area contributed by atoms with Gasteiger partial charge in [0.1, 0.15) is 5.75 Å². The minimum Gasteiger partial charge on any atom is -0.497 e. The van der Waals surface area contributed by atoms with Gasteiger partial charge in [-0.15, -0.1) is 0 Å². The second-order valence-corrected chi connectivity index (χ2v) is 5.25. The van der Waals surface area contributed by atoms with Gasteiger partial charge in [-0.25, -0.2) is 0 Å². The number of ether oxygens (including phenoxy) is 1. The summed E-state index contributed by atoms with van der Waals surface area (Å²) in [6.07, 6.45) is 1.07. The Bertz CT molecular complexity index is 624. The summed E-state index contributed by atoms with van der Waals surface area (Å²) in [5, 5.41) is 0. The van der Waals surface area contributed by atoms with Crippen LogP contribution in [-0.4, -0.2) is 13.2 Å². The predicted molar refractivity (Wildman–Crippen MR) is 82.6 cm³/mol. The number of anilines is 2. The minimum absolute atomic E-state index is 0.435. The van der Waals surface area contributed by atoms with Crippen molar-refractivity contribution >= 4 is 11.4 Å². The average Bonchev–Trinajstić information content (AvgIpc) is 2.82. The molecule has 1 atom stereocenters. The maximum Gasteiger partial charge on any atom is 0.120 e. The van der Waals surface area contributed by atoms with Gasteiger partial charge in [0.2, 0.25) is 0 Å². The Hall–Kier alpha value is -2.00. The Balaban J connectivity index is 2.13. The molecule has 3 nitrogen and oxygen atoms in total. The molecule has 1 unspecified atom stereocenters. The van der Waals surface area contributed by atoms with Crippen LogP contribution in [0.15, 0.2) is 42.5 Å². The van der Waals surface area contributed by atoms with Gasteiger partial charge in [0.25, 0.3) is 0 Å². The topological polar surface area (TPSA) is 38.5 Å². The zero-order valence-electron chi connectivity index (χ0n) is 12.0. The van der Waals surface area contributed by atoms with E-state index in [9.17, 15) is 0 Å². The summed E-state index contributed by atoms with van der Waals surface area (Å²) in [6, 6.07) is 15.1. The maximum absolute atomic E-state index is 5.91. The molecule has 0 aromatic heterocycles. The highest BCUT2D eigenvalue weighted by Gasteiger charge is 2.28. The van der Waals surface area contributed by atoms with Gasteiger partial charge in [-0.3, -0.25) is 0 Å². The van der Waals surface area contributed by atoms with Crippen LogP contribution in [0.25, 0.3) is 0 Å². The fourth-order valence-corrected chi connectivity index (χ4v) is 3.00. The van der Waals surface area contributed by atoms with Crippen LogP contribution in [0.1, 0.15) is 18.1 Å². The van der Waals surface area contributed by atoms with Crippen LogP contribution in [0, 0.1) is 0 Å². The lowest BCUT2D eigenvalue weighted by atomic mass is 10.1. The number of methoxy groups -OCH3 is 1. The van der Waals surface area contributed by atoms with Crippen molar-refractivity contribution in [1.29, 1.82) is 0 Å². The molecule has 1 aliphatic rings. The summed E-state index contributed by atoms with van der Waals surface area (Å²) >= 11 is 0. The van der Waals surface area contributed by atoms with Crippen LogP contribution in [0.5, 0.6) is 5.75 Å². The zero-order valence-corrected chi connectivity index (χ0v) is 12.0. The summed E-state index contributed by atoms with van der Waals surface area (Å²) < 4.78 is 5.37. The predicted octanol–water partition coefficient (Wildman–Crippen LogP) is 3.24. The van der Waals surface area contributed by atoms with Crippen LogP contribution in [0.4, 0.5) is 11.4 Å². The fraction of sp³-hybridized carbons (Fsp3) is 0.294. The molecule has 2 aromatic rings. The Labute approximate surface area is 120 Å². The van der Waals surface area contributed by atoms with Gasteiger partial charge in [-0.1, -0.05) is 24.3 Å². The van der Waals surface area contributed by atoms with Crippen LogP contribution in [0.2, 0.25) is 0 Å². The first-order valence-electron chi connectivity index (χ1n) is 6.98. The molecule has 0 saturated carbocycles. The lowest BCUT2D eigenvalue weighted by Gasteiger charge is -2.27. The van der Waals surface area contributed by atoms with Crippen molar-refractivity contribution in [2.45, 2.75) is 25.9 Å². The van der Waals surface area contributed by atoms with E-state index in [0.717, 1.165) is 23.4 Å².